The third-order valence-electron chi connectivity index (χ3n) is 3.87. The highest BCUT2D eigenvalue weighted by Gasteiger charge is 2.28. The largest absolute Gasteiger partial charge is 0.382 e. The molecule has 0 saturated heterocycles. The van der Waals surface area contributed by atoms with Crippen molar-refractivity contribution in [3.05, 3.63) is 71.0 Å². The summed E-state index contributed by atoms with van der Waals surface area (Å²) in [5.41, 5.74) is 8.24. The van der Waals surface area contributed by atoms with Crippen molar-refractivity contribution in [2.24, 2.45) is 10.9 Å². The molecular formula is C18H19ClFN3O2. The number of halogens is 2. The molecule has 5 nitrogen and oxygen atoms in total. The first kappa shape index (κ1) is 18.9. The summed E-state index contributed by atoms with van der Waals surface area (Å²) in [6.45, 7) is 0.370. The Bertz CT molecular complexity index is 768. The summed E-state index contributed by atoms with van der Waals surface area (Å²) < 4.78 is 13.9. The van der Waals surface area contributed by atoms with Gasteiger partial charge in [-0.3, -0.25) is 4.79 Å². The SMILES string of the molecule is Cl.NCc1ccc(CNC(=O)C2CC(c3ccccc3)=NO2)c(F)c1. The Morgan fingerprint density at radius 2 is 2.04 bits per heavy atom. The number of carbonyl (C=O) groups is 1. The van der Waals surface area contributed by atoms with Crippen LogP contribution < -0.4 is 11.1 Å². The number of hydrogen-bond acceptors (Lipinski definition) is 4. The average molecular weight is 364 g/mol. The van der Waals surface area contributed by atoms with Crippen LogP contribution in [0.2, 0.25) is 0 Å². The van der Waals surface area contributed by atoms with Gasteiger partial charge in [-0.25, -0.2) is 4.39 Å². The Labute approximate surface area is 151 Å². The minimum absolute atomic E-state index is 0. The Morgan fingerprint density at radius 1 is 1.28 bits per heavy atom. The van der Waals surface area contributed by atoms with Crippen LogP contribution in [0.1, 0.15) is 23.1 Å². The van der Waals surface area contributed by atoms with Crippen molar-refractivity contribution in [1.82, 2.24) is 5.32 Å². The molecule has 1 atom stereocenters. The van der Waals surface area contributed by atoms with Gasteiger partial charge < -0.3 is 15.9 Å². The molecule has 0 radical (unpaired) electrons. The molecule has 1 aliphatic rings. The van der Waals surface area contributed by atoms with Crippen LogP contribution >= 0.6 is 12.4 Å². The topological polar surface area (TPSA) is 76.7 Å². The van der Waals surface area contributed by atoms with Gasteiger partial charge in [0.05, 0.1) is 5.71 Å². The van der Waals surface area contributed by atoms with E-state index in [9.17, 15) is 9.18 Å². The van der Waals surface area contributed by atoms with E-state index in [1.165, 1.54) is 6.07 Å². The van der Waals surface area contributed by atoms with Crippen molar-refractivity contribution in [2.75, 3.05) is 0 Å². The molecule has 1 aliphatic heterocycles. The second kappa shape index (κ2) is 8.60. The van der Waals surface area contributed by atoms with Gasteiger partial charge in [0.25, 0.3) is 5.91 Å². The molecule has 2 aromatic carbocycles. The molecule has 1 heterocycles. The highest BCUT2D eigenvalue weighted by Crippen LogP contribution is 2.17. The summed E-state index contributed by atoms with van der Waals surface area (Å²) >= 11 is 0. The van der Waals surface area contributed by atoms with Crippen molar-refractivity contribution >= 4 is 24.0 Å². The standard InChI is InChI=1S/C18H18FN3O2.ClH/c19-15-8-12(10-20)6-7-14(15)11-21-18(23)17-9-16(22-24-17)13-4-2-1-3-5-13;/h1-8,17H,9-11,20H2,(H,21,23);1H. The van der Waals surface area contributed by atoms with Crippen molar-refractivity contribution < 1.29 is 14.0 Å². The fourth-order valence-corrected chi connectivity index (χ4v) is 2.48. The third-order valence-corrected chi connectivity index (χ3v) is 3.87. The predicted molar refractivity (Wildman–Crippen MR) is 95.9 cm³/mol. The highest BCUT2D eigenvalue weighted by molar-refractivity contribution is 6.04. The molecule has 0 aliphatic carbocycles. The van der Waals surface area contributed by atoms with Crippen LogP contribution in [0.4, 0.5) is 4.39 Å². The first-order valence-corrected chi connectivity index (χ1v) is 7.70. The van der Waals surface area contributed by atoms with E-state index in [2.05, 4.69) is 10.5 Å². The minimum Gasteiger partial charge on any atom is -0.382 e. The highest BCUT2D eigenvalue weighted by atomic mass is 35.5. The molecule has 0 spiro atoms. The van der Waals surface area contributed by atoms with Gasteiger partial charge in [-0.2, -0.15) is 0 Å². The Hall–Kier alpha value is -2.44. The Morgan fingerprint density at radius 3 is 2.72 bits per heavy atom. The Balaban J connectivity index is 0.00000225. The maximum atomic E-state index is 13.9. The van der Waals surface area contributed by atoms with Gasteiger partial charge in [0.2, 0.25) is 6.10 Å². The first-order valence-electron chi connectivity index (χ1n) is 7.70. The van der Waals surface area contributed by atoms with Crippen LogP contribution in [0.5, 0.6) is 0 Å². The van der Waals surface area contributed by atoms with Gasteiger partial charge in [-0.1, -0.05) is 47.6 Å². The predicted octanol–water partition coefficient (Wildman–Crippen LogP) is 2.52. The molecule has 132 valence electrons. The molecule has 3 rings (SSSR count). The van der Waals surface area contributed by atoms with Crippen LogP contribution in [-0.2, 0) is 22.7 Å². The summed E-state index contributed by atoms with van der Waals surface area (Å²) in [7, 11) is 0. The van der Waals surface area contributed by atoms with E-state index >= 15 is 0 Å². The molecular weight excluding hydrogens is 345 g/mol. The fraction of sp³-hybridized carbons (Fsp3) is 0.222. The van der Waals surface area contributed by atoms with Gasteiger partial charge in [-0.05, 0) is 17.2 Å². The summed E-state index contributed by atoms with van der Waals surface area (Å²) in [4.78, 5) is 17.4. The lowest BCUT2D eigenvalue weighted by Crippen LogP contribution is -2.34. The van der Waals surface area contributed by atoms with Crippen molar-refractivity contribution in [2.45, 2.75) is 25.6 Å². The van der Waals surface area contributed by atoms with Crippen LogP contribution in [0.3, 0.4) is 0 Å². The van der Waals surface area contributed by atoms with Crippen molar-refractivity contribution in [1.29, 1.82) is 0 Å². The number of carbonyl (C=O) groups excluding carboxylic acids is 1. The summed E-state index contributed by atoms with van der Waals surface area (Å²) in [6, 6.07) is 14.3. The van der Waals surface area contributed by atoms with E-state index < -0.39 is 6.10 Å². The maximum Gasteiger partial charge on any atom is 0.264 e. The number of hydrogen-bond donors (Lipinski definition) is 2. The second-order valence-corrected chi connectivity index (χ2v) is 5.55. The number of nitrogens with zero attached hydrogens (tertiary/aromatic N) is 1. The van der Waals surface area contributed by atoms with Crippen molar-refractivity contribution in [3.63, 3.8) is 0 Å². The molecule has 0 bridgehead atoms. The van der Waals surface area contributed by atoms with Crippen LogP contribution in [0, 0.1) is 5.82 Å². The maximum absolute atomic E-state index is 13.9. The molecule has 1 unspecified atom stereocenters. The quantitative estimate of drug-likeness (QED) is 0.857. The minimum atomic E-state index is -0.688. The van der Waals surface area contributed by atoms with E-state index in [1.807, 2.05) is 30.3 Å². The van der Waals surface area contributed by atoms with Gasteiger partial charge in [-0.15, -0.1) is 12.4 Å². The number of nitrogens with two attached hydrogens (primary N) is 1. The van der Waals surface area contributed by atoms with E-state index in [1.54, 1.807) is 12.1 Å². The zero-order chi connectivity index (χ0) is 16.9. The van der Waals surface area contributed by atoms with Gasteiger partial charge in [0, 0.05) is 25.1 Å². The number of rotatable bonds is 5. The van der Waals surface area contributed by atoms with E-state index in [4.69, 9.17) is 10.6 Å². The average Bonchev–Trinajstić information content (AvgIpc) is 3.11. The zero-order valence-electron chi connectivity index (χ0n) is 13.4. The summed E-state index contributed by atoms with van der Waals surface area (Å²) in [5, 5.41) is 6.65. The van der Waals surface area contributed by atoms with Gasteiger partial charge >= 0.3 is 0 Å². The van der Waals surface area contributed by atoms with Gasteiger partial charge in [0.1, 0.15) is 5.82 Å². The van der Waals surface area contributed by atoms with E-state index in [0.717, 1.165) is 11.3 Å². The third kappa shape index (κ3) is 4.55. The first-order chi connectivity index (χ1) is 11.7. The summed E-state index contributed by atoms with van der Waals surface area (Å²) in [5.74, 6) is -0.696. The lowest BCUT2D eigenvalue weighted by molar-refractivity contribution is -0.131. The van der Waals surface area contributed by atoms with Crippen LogP contribution in [-0.4, -0.2) is 17.7 Å². The van der Waals surface area contributed by atoms with Crippen LogP contribution in [0.15, 0.2) is 53.7 Å². The van der Waals surface area contributed by atoms with Crippen molar-refractivity contribution in [3.8, 4) is 0 Å². The molecule has 0 fully saturated rings. The monoisotopic (exact) mass is 363 g/mol. The normalized spacial score (nSPS) is 15.8. The molecule has 0 saturated carbocycles. The number of nitrogens with one attached hydrogen (secondary N) is 1. The van der Waals surface area contributed by atoms with E-state index in [0.29, 0.717) is 17.5 Å². The number of oxime groups is 1. The number of amides is 1. The number of benzene rings is 2. The second-order valence-electron chi connectivity index (χ2n) is 5.55. The van der Waals surface area contributed by atoms with E-state index in [-0.39, 0.29) is 37.2 Å². The molecule has 25 heavy (non-hydrogen) atoms. The molecule has 2 aromatic rings. The molecule has 3 N–H and O–H groups in total. The van der Waals surface area contributed by atoms with Crippen LogP contribution in [0.25, 0.3) is 0 Å². The lowest BCUT2D eigenvalue weighted by Gasteiger charge is -2.10. The zero-order valence-corrected chi connectivity index (χ0v) is 14.3. The molecule has 1 amide bonds. The Kier molecular flexibility index (Phi) is 6.50. The lowest BCUT2D eigenvalue weighted by atomic mass is 10.0. The molecule has 0 aromatic heterocycles. The summed E-state index contributed by atoms with van der Waals surface area (Å²) in [6.07, 6.45) is -0.295. The molecule has 7 heteroatoms. The fourth-order valence-electron chi connectivity index (χ4n) is 2.48. The smallest absolute Gasteiger partial charge is 0.264 e. The van der Waals surface area contributed by atoms with Gasteiger partial charge in [0.15, 0.2) is 0 Å².